The highest BCUT2D eigenvalue weighted by atomic mass is 19.1. The number of aryl methyl sites for hydroxylation is 1. The predicted octanol–water partition coefficient (Wildman–Crippen LogP) is 4.70. The van der Waals surface area contributed by atoms with E-state index in [4.69, 9.17) is 0 Å². The van der Waals surface area contributed by atoms with E-state index in [-0.39, 0.29) is 23.1 Å². The number of amides is 1. The van der Waals surface area contributed by atoms with Crippen molar-refractivity contribution < 1.29 is 9.18 Å². The Bertz CT molecular complexity index is 1020. The van der Waals surface area contributed by atoms with Gasteiger partial charge in [0.1, 0.15) is 11.6 Å². The summed E-state index contributed by atoms with van der Waals surface area (Å²) in [4.78, 5) is 16.8. The van der Waals surface area contributed by atoms with Crippen LogP contribution >= 0.6 is 0 Å². The Morgan fingerprint density at radius 1 is 1.10 bits per heavy atom. The van der Waals surface area contributed by atoms with Gasteiger partial charge in [-0.05, 0) is 53.1 Å². The minimum absolute atomic E-state index is 0.142. The van der Waals surface area contributed by atoms with Gasteiger partial charge in [-0.2, -0.15) is 4.98 Å². The summed E-state index contributed by atoms with van der Waals surface area (Å²) in [6, 6.07) is 14.3. The molecule has 0 saturated carbocycles. The van der Waals surface area contributed by atoms with Gasteiger partial charge in [0.15, 0.2) is 0 Å². The van der Waals surface area contributed by atoms with Crippen LogP contribution in [0.5, 0.6) is 0 Å². The molecule has 0 radical (unpaired) electrons. The number of hydrogen-bond acceptors (Lipinski definition) is 3. The van der Waals surface area contributed by atoms with Crippen LogP contribution in [0.4, 0.5) is 10.3 Å². The van der Waals surface area contributed by atoms with E-state index in [1.807, 2.05) is 4.68 Å². The second kappa shape index (κ2) is 7.43. The molecule has 1 N–H and O–H groups in total. The number of aromatic nitrogens is 3. The normalized spacial score (nSPS) is 16.3. The maximum absolute atomic E-state index is 13.0. The molecule has 1 aliphatic heterocycles. The maximum atomic E-state index is 13.0. The smallest absolute Gasteiger partial charge is 0.258 e. The molecule has 1 unspecified atom stereocenters. The lowest BCUT2D eigenvalue weighted by molar-refractivity contribution is 0.102. The van der Waals surface area contributed by atoms with Crippen LogP contribution in [-0.4, -0.2) is 20.7 Å². The number of carbonyl (C=O) groups excluding carboxylic acids is 1. The van der Waals surface area contributed by atoms with Crippen LogP contribution < -0.4 is 5.32 Å². The third kappa shape index (κ3) is 4.21. The van der Waals surface area contributed by atoms with E-state index in [1.54, 1.807) is 0 Å². The molecule has 150 valence electrons. The molecular formula is C23H25FN4O. The minimum Gasteiger partial charge on any atom is -0.289 e. The summed E-state index contributed by atoms with van der Waals surface area (Å²) in [5, 5.41) is 7.12. The van der Waals surface area contributed by atoms with E-state index in [9.17, 15) is 9.18 Å². The predicted molar refractivity (Wildman–Crippen MR) is 111 cm³/mol. The Labute approximate surface area is 170 Å². The highest BCUT2D eigenvalue weighted by Crippen LogP contribution is 2.31. The molecule has 0 aliphatic carbocycles. The summed E-state index contributed by atoms with van der Waals surface area (Å²) in [5.41, 5.74) is 3.15. The second-order valence-electron chi connectivity index (χ2n) is 8.60. The summed E-state index contributed by atoms with van der Waals surface area (Å²) in [6.07, 6.45) is 1.77. The molecule has 4 rings (SSSR count). The monoisotopic (exact) mass is 392 g/mol. The molecule has 1 amide bonds. The summed E-state index contributed by atoms with van der Waals surface area (Å²) < 4.78 is 14.9. The van der Waals surface area contributed by atoms with E-state index in [2.05, 4.69) is 60.4 Å². The summed E-state index contributed by atoms with van der Waals surface area (Å²) in [5.74, 6) is 0.830. The highest BCUT2D eigenvalue weighted by Gasteiger charge is 2.24. The SMILES string of the molecule is CC(C)(C)c1ccc(C2CCn3nc(NC(=O)c4ccc(F)cc4)nc3C2)cc1. The van der Waals surface area contributed by atoms with Gasteiger partial charge >= 0.3 is 0 Å². The number of hydrogen-bond donors (Lipinski definition) is 1. The molecule has 1 atom stereocenters. The molecule has 1 aliphatic rings. The molecule has 2 aromatic carbocycles. The number of halogens is 1. The zero-order valence-corrected chi connectivity index (χ0v) is 16.9. The van der Waals surface area contributed by atoms with Crippen molar-refractivity contribution >= 4 is 11.9 Å². The number of fused-ring (bicyclic) bond motifs is 1. The zero-order chi connectivity index (χ0) is 20.6. The van der Waals surface area contributed by atoms with Crippen molar-refractivity contribution in [3.63, 3.8) is 0 Å². The maximum Gasteiger partial charge on any atom is 0.258 e. The molecule has 0 bridgehead atoms. The van der Waals surface area contributed by atoms with Crippen LogP contribution in [0.25, 0.3) is 0 Å². The lowest BCUT2D eigenvalue weighted by Gasteiger charge is -2.24. The van der Waals surface area contributed by atoms with Gasteiger partial charge in [0.05, 0.1) is 0 Å². The number of benzene rings is 2. The molecule has 0 fully saturated rings. The average molecular weight is 392 g/mol. The van der Waals surface area contributed by atoms with Gasteiger partial charge in [0.25, 0.3) is 5.91 Å². The molecule has 6 heteroatoms. The van der Waals surface area contributed by atoms with Crippen LogP contribution in [0.2, 0.25) is 0 Å². The first kappa shape index (κ1) is 19.3. The lowest BCUT2D eigenvalue weighted by Crippen LogP contribution is -2.19. The fourth-order valence-electron chi connectivity index (χ4n) is 3.67. The number of anilines is 1. The number of rotatable bonds is 3. The third-order valence-electron chi connectivity index (χ3n) is 5.45. The summed E-state index contributed by atoms with van der Waals surface area (Å²) >= 11 is 0. The molecule has 2 heterocycles. The highest BCUT2D eigenvalue weighted by molar-refractivity contribution is 6.03. The third-order valence-corrected chi connectivity index (χ3v) is 5.45. The Morgan fingerprint density at radius 3 is 2.45 bits per heavy atom. The molecular weight excluding hydrogens is 367 g/mol. The minimum atomic E-state index is -0.376. The fraction of sp³-hybridized carbons (Fsp3) is 0.348. The van der Waals surface area contributed by atoms with Gasteiger partial charge in [-0.3, -0.25) is 10.1 Å². The van der Waals surface area contributed by atoms with E-state index in [1.165, 1.54) is 35.4 Å². The summed E-state index contributed by atoms with van der Waals surface area (Å²) in [6.45, 7) is 7.41. The quantitative estimate of drug-likeness (QED) is 0.703. The van der Waals surface area contributed by atoms with Crippen LogP contribution in [0.3, 0.4) is 0 Å². The van der Waals surface area contributed by atoms with E-state index >= 15 is 0 Å². The first-order valence-electron chi connectivity index (χ1n) is 9.91. The molecule has 5 nitrogen and oxygen atoms in total. The van der Waals surface area contributed by atoms with Crippen LogP contribution in [0, 0.1) is 5.82 Å². The Morgan fingerprint density at radius 2 is 1.79 bits per heavy atom. The van der Waals surface area contributed by atoms with E-state index in [0.717, 1.165) is 25.2 Å². The fourth-order valence-corrected chi connectivity index (χ4v) is 3.67. The molecule has 0 spiro atoms. The van der Waals surface area contributed by atoms with Gasteiger partial charge in [-0.1, -0.05) is 45.0 Å². The van der Waals surface area contributed by atoms with E-state index in [0.29, 0.717) is 11.5 Å². The Balaban J connectivity index is 1.46. The molecule has 0 saturated heterocycles. The van der Waals surface area contributed by atoms with Crippen molar-refractivity contribution in [3.8, 4) is 0 Å². The number of nitrogens with one attached hydrogen (secondary N) is 1. The van der Waals surface area contributed by atoms with Crippen LogP contribution in [-0.2, 0) is 18.4 Å². The van der Waals surface area contributed by atoms with Crippen LogP contribution in [0.1, 0.15) is 60.4 Å². The van der Waals surface area contributed by atoms with Crippen molar-refractivity contribution in [2.45, 2.75) is 51.5 Å². The summed E-state index contributed by atoms with van der Waals surface area (Å²) in [7, 11) is 0. The van der Waals surface area contributed by atoms with Crippen molar-refractivity contribution in [2.75, 3.05) is 5.32 Å². The first-order valence-corrected chi connectivity index (χ1v) is 9.91. The number of carbonyl (C=O) groups is 1. The van der Waals surface area contributed by atoms with Gasteiger partial charge < -0.3 is 0 Å². The molecule has 3 aromatic rings. The molecule has 1 aromatic heterocycles. The van der Waals surface area contributed by atoms with Crippen molar-refractivity contribution in [1.29, 1.82) is 0 Å². The van der Waals surface area contributed by atoms with Gasteiger partial charge in [-0.15, -0.1) is 5.10 Å². The van der Waals surface area contributed by atoms with Crippen molar-refractivity contribution in [2.24, 2.45) is 0 Å². The largest absolute Gasteiger partial charge is 0.289 e. The zero-order valence-electron chi connectivity index (χ0n) is 16.9. The van der Waals surface area contributed by atoms with Gasteiger partial charge in [-0.25, -0.2) is 9.07 Å². The average Bonchev–Trinajstić information content (AvgIpc) is 3.09. The van der Waals surface area contributed by atoms with Crippen LogP contribution in [0.15, 0.2) is 48.5 Å². The second-order valence-corrected chi connectivity index (χ2v) is 8.60. The topological polar surface area (TPSA) is 59.8 Å². The standard InChI is InChI=1S/C23H25FN4O/c1-23(2,3)18-8-4-15(5-9-18)17-12-13-28-20(14-17)25-22(27-28)26-21(29)16-6-10-19(24)11-7-16/h4-11,17H,12-14H2,1-3H3,(H,26,27,29). The Hall–Kier alpha value is -3.02. The number of nitrogens with zero attached hydrogens (tertiary/aromatic N) is 3. The molecule has 29 heavy (non-hydrogen) atoms. The lowest BCUT2D eigenvalue weighted by atomic mass is 9.84. The van der Waals surface area contributed by atoms with Crippen molar-refractivity contribution in [3.05, 3.63) is 76.9 Å². The van der Waals surface area contributed by atoms with Gasteiger partial charge in [0.2, 0.25) is 5.95 Å². The van der Waals surface area contributed by atoms with Crippen molar-refractivity contribution in [1.82, 2.24) is 14.8 Å². The van der Waals surface area contributed by atoms with E-state index < -0.39 is 0 Å². The van der Waals surface area contributed by atoms with Gasteiger partial charge in [0, 0.05) is 18.5 Å². The Kier molecular flexibility index (Phi) is 4.94. The first-order chi connectivity index (χ1) is 13.8.